The number of anilines is 1. The smallest absolute Gasteiger partial charge is 0.267 e. The first kappa shape index (κ1) is 25.0. The number of carbonyl (C=O) groups excluding carboxylic acids is 3. The molecule has 3 heterocycles. The van der Waals surface area contributed by atoms with Crippen LogP contribution >= 0.6 is 11.3 Å². The Labute approximate surface area is 217 Å². The molecule has 1 atom stereocenters. The maximum atomic E-state index is 13.5. The summed E-state index contributed by atoms with van der Waals surface area (Å²) >= 11 is 1.26. The molecule has 1 aliphatic rings. The second-order valence-corrected chi connectivity index (χ2v) is 10.3. The van der Waals surface area contributed by atoms with E-state index in [1.165, 1.54) is 18.3 Å². The van der Waals surface area contributed by atoms with Crippen molar-refractivity contribution in [3.8, 4) is 0 Å². The number of ketones is 1. The Morgan fingerprint density at radius 1 is 1.19 bits per heavy atom. The molecule has 1 aliphatic heterocycles. The van der Waals surface area contributed by atoms with Gasteiger partial charge in [0.1, 0.15) is 5.82 Å². The molecule has 1 unspecified atom stereocenters. The summed E-state index contributed by atoms with van der Waals surface area (Å²) in [7, 11) is 1.60. The van der Waals surface area contributed by atoms with Gasteiger partial charge < -0.3 is 20.1 Å². The van der Waals surface area contributed by atoms with Gasteiger partial charge in [-0.15, -0.1) is 11.3 Å². The van der Waals surface area contributed by atoms with E-state index in [0.29, 0.717) is 46.5 Å². The molecule has 0 saturated carbocycles. The topological polar surface area (TPSA) is 109 Å². The number of aliphatic hydroxyl groups is 1. The summed E-state index contributed by atoms with van der Waals surface area (Å²) in [4.78, 5) is 45.7. The fourth-order valence-electron chi connectivity index (χ4n) is 4.89. The van der Waals surface area contributed by atoms with E-state index < -0.39 is 6.10 Å². The highest BCUT2D eigenvalue weighted by Gasteiger charge is 2.28. The normalized spacial score (nSPS) is 15.5. The molecule has 190 valence electrons. The number of likely N-dealkylation sites (tertiary alicyclic amines) is 1. The maximum absolute atomic E-state index is 13.5. The van der Waals surface area contributed by atoms with Gasteiger partial charge in [-0.05, 0) is 49.6 Å². The minimum atomic E-state index is -0.532. The summed E-state index contributed by atoms with van der Waals surface area (Å²) in [6.07, 6.45) is 0.00621. The second kappa shape index (κ2) is 10.0. The Bertz CT molecular complexity index is 1560. The molecule has 2 N–H and O–H groups in total. The minimum Gasteiger partial charge on any atom is -0.391 e. The molecule has 2 aromatic carbocycles. The van der Waals surface area contributed by atoms with Crippen molar-refractivity contribution in [3.05, 3.63) is 69.6 Å². The van der Waals surface area contributed by atoms with Crippen LogP contribution in [0, 0.1) is 6.92 Å². The molecule has 0 radical (unpaired) electrons. The van der Waals surface area contributed by atoms with Gasteiger partial charge in [-0.3, -0.25) is 14.4 Å². The van der Waals surface area contributed by atoms with Crippen molar-refractivity contribution in [1.29, 1.82) is 0 Å². The number of methoxy groups -OCH3 is 1. The van der Waals surface area contributed by atoms with Gasteiger partial charge in [0.25, 0.3) is 11.8 Å². The number of aryl methyl sites for hydroxylation is 1. The predicted octanol–water partition coefficient (Wildman–Crippen LogP) is 4.57. The highest BCUT2D eigenvalue weighted by molar-refractivity contribution is 7.21. The lowest BCUT2D eigenvalue weighted by Crippen LogP contribution is -2.30. The van der Waals surface area contributed by atoms with Crippen LogP contribution in [0.4, 0.5) is 5.82 Å². The van der Waals surface area contributed by atoms with Crippen molar-refractivity contribution in [2.45, 2.75) is 33.0 Å². The van der Waals surface area contributed by atoms with Crippen molar-refractivity contribution >= 4 is 55.7 Å². The summed E-state index contributed by atoms with van der Waals surface area (Å²) < 4.78 is 6.09. The number of Topliss-reactive ketones (excluding diaryl/α,β-unsaturated/α-hetero) is 1. The maximum Gasteiger partial charge on any atom is 0.267 e. The number of rotatable bonds is 6. The summed E-state index contributed by atoms with van der Waals surface area (Å²) in [6, 6.07) is 12.5. The van der Waals surface area contributed by atoms with E-state index in [2.05, 4.69) is 10.3 Å². The third-order valence-electron chi connectivity index (χ3n) is 6.69. The Morgan fingerprint density at radius 3 is 2.68 bits per heavy atom. The number of amides is 2. The number of aromatic nitrogens is 1. The molecule has 1 fully saturated rings. The van der Waals surface area contributed by atoms with E-state index in [-0.39, 0.29) is 30.0 Å². The first-order chi connectivity index (χ1) is 17.8. The molecule has 2 aromatic heterocycles. The van der Waals surface area contributed by atoms with Crippen LogP contribution in [0.5, 0.6) is 0 Å². The molecular formula is C28H27N3O5S. The SMILES string of the molecule is COCc1ccc(C(C)=O)c2sc(C(=O)Nc3cc(C(=O)N4CCC(O)C4)c4ccccc4n3)c(C)c12. The third-order valence-corrected chi connectivity index (χ3v) is 8.01. The highest BCUT2D eigenvalue weighted by atomic mass is 32.1. The molecule has 1 saturated heterocycles. The second-order valence-electron chi connectivity index (χ2n) is 9.24. The summed E-state index contributed by atoms with van der Waals surface area (Å²) in [5.41, 5.74) is 3.23. The molecule has 4 aromatic rings. The summed E-state index contributed by atoms with van der Waals surface area (Å²) in [5, 5.41) is 14.3. The number of nitrogens with zero attached hydrogens (tertiary/aromatic N) is 2. The van der Waals surface area contributed by atoms with Crippen LogP contribution < -0.4 is 5.32 Å². The Kier molecular flexibility index (Phi) is 6.76. The highest BCUT2D eigenvalue weighted by Crippen LogP contribution is 2.37. The van der Waals surface area contributed by atoms with Gasteiger partial charge >= 0.3 is 0 Å². The molecule has 0 bridgehead atoms. The Hall–Kier alpha value is -3.66. The fourth-order valence-corrected chi connectivity index (χ4v) is 6.20. The fraction of sp³-hybridized carbons (Fsp3) is 0.286. The Morgan fingerprint density at radius 2 is 1.97 bits per heavy atom. The van der Waals surface area contributed by atoms with Crippen molar-refractivity contribution in [1.82, 2.24) is 9.88 Å². The van der Waals surface area contributed by atoms with Crippen LogP contribution in [0.1, 0.15) is 54.9 Å². The number of nitrogens with one attached hydrogen (secondary N) is 1. The number of pyridine rings is 1. The van der Waals surface area contributed by atoms with Crippen LogP contribution in [-0.4, -0.2) is 58.9 Å². The molecule has 2 amide bonds. The van der Waals surface area contributed by atoms with E-state index in [0.717, 1.165) is 21.2 Å². The average Bonchev–Trinajstić information content (AvgIpc) is 3.47. The van der Waals surface area contributed by atoms with Crippen LogP contribution in [-0.2, 0) is 11.3 Å². The minimum absolute atomic E-state index is 0.0754. The number of hydrogen-bond donors (Lipinski definition) is 2. The number of hydrogen-bond acceptors (Lipinski definition) is 7. The van der Waals surface area contributed by atoms with Crippen molar-refractivity contribution in [3.63, 3.8) is 0 Å². The van der Waals surface area contributed by atoms with E-state index in [1.54, 1.807) is 30.2 Å². The quantitative estimate of drug-likeness (QED) is 0.363. The third kappa shape index (κ3) is 4.61. The lowest BCUT2D eigenvalue weighted by atomic mass is 10.0. The van der Waals surface area contributed by atoms with Crippen LogP contribution in [0.3, 0.4) is 0 Å². The number of ether oxygens (including phenoxy) is 1. The van der Waals surface area contributed by atoms with Gasteiger partial charge in [-0.1, -0.05) is 24.3 Å². The number of thiophene rings is 1. The van der Waals surface area contributed by atoms with Crippen molar-refractivity contribution in [2.24, 2.45) is 0 Å². The Balaban J connectivity index is 1.55. The van der Waals surface area contributed by atoms with E-state index in [4.69, 9.17) is 4.74 Å². The number of β-amino-alcohol motifs (C(OH)–C–C–N with tert-alkyl or cyclic N) is 1. The van der Waals surface area contributed by atoms with Gasteiger partial charge in [-0.2, -0.15) is 0 Å². The van der Waals surface area contributed by atoms with E-state index in [9.17, 15) is 19.5 Å². The largest absolute Gasteiger partial charge is 0.391 e. The number of aliphatic hydroxyl groups excluding tert-OH is 1. The van der Waals surface area contributed by atoms with Gasteiger partial charge in [0.05, 0.1) is 28.7 Å². The van der Waals surface area contributed by atoms with Gasteiger partial charge in [-0.25, -0.2) is 4.98 Å². The van der Waals surface area contributed by atoms with Gasteiger partial charge in [0.2, 0.25) is 0 Å². The molecule has 0 aliphatic carbocycles. The average molecular weight is 518 g/mol. The standard InChI is InChI=1S/C28H27N3O5S/c1-15-24-17(14-36-3)8-9-19(16(2)32)26(24)37-25(15)27(34)30-23-12-21(20-6-4-5-7-22(20)29-23)28(35)31-11-10-18(33)13-31/h4-9,12,18,33H,10-11,13-14H2,1-3H3,(H,29,30,34). The van der Waals surface area contributed by atoms with Gasteiger partial charge in [0.15, 0.2) is 5.78 Å². The van der Waals surface area contributed by atoms with E-state index >= 15 is 0 Å². The summed E-state index contributed by atoms with van der Waals surface area (Å²) in [5.74, 6) is -0.394. The monoisotopic (exact) mass is 517 g/mol. The number of carbonyl (C=O) groups is 3. The van der Waals surface area contributed by atoms with Crippen molar-refractivity contribution in [2.75, 3.05) is 25.5 Å². The zero-order chi connectivity index (χ0) is 26.3. The van der Waals surface area contributed by atoms with Crippen LogP contribution in [0.15, 0.2) is 42.5 Å². The first-order valence-electron chi connectivity index (χ1n) is 12.0. The molecular weight excluding hydrogens is 490 g/mol. The van der Waals surface area contributed by atoms with Crippen LogP contribution in [0.25, 0.3) is 21.0 Å². The molecule has 9 heteroatoms. The molecule has 0 spiro atoms. The number of fused-ring (bicyclic) bond motifs is 2. The zero-order valence-corrected chi connectivity index (χ0v) is 21.6. The van der Waals surface area contributed by atoms with Crippen LogP contribution in [0.2, 0.25) is 0 Å². The molecule has 5 rings (SSSR count). The molecule has 37 heavy (non-hydrogen) atoms. The van der Waals surface area contributed by atoms with Gasteiger partial charge in [0, 0.05) is 41.2 Å². The predicted molar refractivity (Wildman–Crippen MR) is 144 cm³/mol. The number of para-hydroxylation sites is 1. The number of benzene rings is 2. The molecule has 8 nitrogen and oxygen atoms in total. The summed E-state index contributed by atoms with van der Waals surface area (Å²) in [6.45, 7) is 4.48. The van der Waals surface area contributed by atoms with E-state index in [1.807, 2.05) is 31.2 Å². The lowest BCUT2D eigenvalue weighted by molar-refractivity contribution is 0.0766. The van der Waals surface area contributed by atoms with Crippen molar-refractivity contribution < 1.29 is 24.2 Å². The lowest BCUT2D eigenvalue weighted by Gasteiger charge is -2.17. The zero-order valence-electron chi connectivity index (χ0n) is 20.8. The first-order valence-corrected chi connectivity index (χ1v) is 12.8.